The Kier molecular flexibility index (Phi) is 4.79. The average Bonchev–Trinajstić information content (AvgIpc) is 2.60. The van der Waals surface area contributed by atoms with Gasteiger partial charge < -0.3 is 14.8 Å². The first-order valence-electron chi connectivity index (χ1n) is 7.71. The lowest BCUT2D eigenvalue weighted by atomic mass is 10.0. The third-order valence-electron chi connectivity index (χ3n) is 3.88. The first-order valence-corrected chi connectivity index (χ1v) is 7.71. The third-order valence-corrected chi connectivity index (χ3v) is 3.88. The van der Waals surface area contributed by atoms with E-state index in [0.717, 1.165) is 11.3 Å². The van der Waals surface area contributed by atoms with E-state index >= 15 is 0 Å². The lowest BCUT2D eigenvalue weighted by Crippen LogP contribution is -2.30. The highest BCUT2D eigenvalue weighted by molar-refractivity contribution is 5.92. The van der Waals surface area contributed by atoms with Gasteiger partial charge in [-0.15, -0.1) is 0 Å². The lowest BCUT2D eigenvalue weighted by Gasteiger charge is -2.26. The molecule has 0 saturated heterocycles. The number of halogens is 1. The van der Waals surface area contributed by atoms with Gasteiger partial charge in [-0.2, -0.15) is 0 Å². The summed E-state index contributed by atoms with van der Waals surface area (Å²) in [5, 5.41) is 2.96. The van der Waals surface area contributed by atoms with Crippen LogP contribution in [0.5, 0.6) is 11.5 Å². The second-order valence-corrected chi connectivity index (χ2v) is 5.46. The van der Waals surface area contributed by atoms with Crippen molar-refractivity contribution in [1.29, 1.82) is 0 Å². The van der Waals surface area contributed by atoms with Crippen LogP contribution in [0.1, 0.15) is 23.6 Å². The Morgan fingerprint density at radius 3 is 2.96 bits per heavy atom. The van der Waals surface area contributed by atoms with E-state index in [4.69, 9.17) is 9.47 Å². The lowest BCUT2D eigenvalue weighted by molar-refractivity contribution is -0.117. The molecule has 0 unspecified atom stereocenters. The maximum Gasteiger partial charge on any atom is 0.244 e. The van der Waals surface area contributed by atoms with Crippen molar-refractivity contribution in [1.82, 2.24) is 5.32 Å². The van der Waals surface area contributed by atoms with Crippen LogP contribution in [-0.4, -0.2) is 19.6 Å². The predicted molar refractivity (Wildman–Crippen MR) is 89.4 cm³/mol. The van der Waals surface area contributed by atoms with Gasteiger partial charge >= 0.3 is 0 Å². The van der Waals surface area contributed by atoms with Crippen molar-refractivity contribution < 1.29 is 18.7 Å². The summed E-state index contributed by atoms with van der Waals surface area (Å²) in [5.41, 5.74) is 1.57. The Morgan fingerprint density at radius 1 is 1.33 bits per heavy atom. The molecule has 1 N–H and O–H groups in total. The molecule has 124 valence electrons. The van der Waals surface area contributed by atoms with Gasteiger partial charge in [-0.05, 0) is 29.8 Å². The number of hydrogen-bond acceptors (Lipinski definition) is 3. The molecule has 3 rings (SSSR count). The molecule has 1 aliphatic heterocycles. The summed E-state index contributed by atoms with van der Waals surface area (Å²) in [5.74, 6) is 0.289. The minimum atomic E-state index is -0.460. The average molecular weight is 327 g/mol. The summed E-state index contributed by atoms with van der Waals surface area (Å²) in [4.78, 5) is 12.1. The van der Waals surface area contributed by atoms with Gasteiger partial charge in [0.1, 0.15) is 5.75 Å². The monoisotopic (exact) mass is 327 g/mol. The highest BCUT2D eigenvalue weighted by atomic mass is 19.1. The van der Waals surface area contributed by atoms with E-state index in [0.29, 0.717) is 18.6 Å². The Morgan fingerprint density at radius 2 is 2.17 bits per heavy atom. The van der Waals surface area contributed by atoms with Crippen LogP contribution in [-0.2, 0) is 4.79 Å². The quantitative estimate of drug-likeness (QED) is 0.875. The van der Waals surface area contributed by atoms with Gasteiger partial charge in [0.2, 0.25) is 5.91 Å². The van der Waals surface area contributed by atoms with Gasteiger partial charge in [-0.1, -0.05) is 24.3 Å². The molecule has 0 bridgehead atoms. The largest absolute Gasteiger partial charge is 0.494 e. The first-order chi connectivity index (χ1) is 11.7. The number of fused-ring (bicyclic) bond motifs is 1. The zero-order chi connectivity index (χ0) is 16.9. The number of rotatable bonds is 4. The molecule has 1 atom stereocenters. The molecule has 2 aromatic carbocycles. The van der Waals surface area contributed by atoms with Crippen LogP contribution in [0.2, 0.25) is 0 Å². The highest BCUT2D eigenvalue weighted by Crippen LogP contribution is 2.31. The van der Waals surface area contributed by atoms with Crippen molar-refractivity contribution in [2.45, 2.75) is 12.5 Å². The Labute approximate surface area is 139 Å². The van der Waals surface area contributed by atoms with Crippen molar-refractivity contribution in [3.05, 3.63) is 65.5 Å². The summed E-state index contributed by atoms with van der Waals surface area (Å²) in [7, 11) is 1.41. The molecule has 1 aliphatic rings. The molecule has 24 heavy (non-hydrogen) atoms. The molecule has 2 aromatic rings. The number of methoxy groups -OCH3 is 1. The molecular formula is C19H18FNO3. The van der Waals surface area contributed by atoms with Gasteiger partial charge in [0.15, 0.2) is 11.6 Å². The number of ether oxygens (including phenoxy) is 2. The van der Waals surface area contributed by atoms with E-state index in [1.54, 1.807) is 12.1 Å². The zero-order valence-corrected chi connectivity index (χ0v) is 13.3. The fourth-order valence-corrected chi connectivity index (χ4v) is 2.67. The van der Waals surface area contributed by atoms with E-state index < -0.39 is 5.82 Å². The number of carbonyl (C=O) groups excluding carboxylic acids is 1. The zero-order valence-electron chi connectivity index (χ0n) is 13.3. The van der Waals surface area contributed by atoms with Crippen molar-refractivity contribution in [2.75, 3.05) is 13.7 Å². The standard InChI is InChI=1S/C19H18FNO3/c1-23-18-8-6-13(12-15(18)20)7-9-19(22)21-16-10-11-24-17-5-3-2-4-14(16)17/h2-9,12,16H,10-11H2,1H3,(H,21,22)/b9-7+/t16-/m0/s1. The maximum atomic E-state index is 13.6. The molecule has 1 heterocycles. The van der Waals surface area contributed by atoms with Crippen LogP contribution in [0.4, 0.5) is 4.39 Å². The number of nitrogens with one attached hydrogen (secondary N) is 1. The SMILES string of the molecule is COc1ccc(/C=C/C(=O)N[C@H]2CCOc3ccccc32)cc1F. The Balaban J connectivity index is 1.67. The fourth-order valence-electron chi connectivity index (χ4n) is 2.67. The number of amides is 1. The minimum absolute atomic E-state index is 0.0836. The van der Waals surface area contributed by atoms with E-state index in [1.165, 1.54) is 25.3 Å². The van der Waals surface area contributed by atoms with E-state index in [-0.39, 0.29) is 17.7 Å². The third kappa shape index (κ3) is 3.56. The van der Waals surface area contributed by atoms with Gasteiger partial charge in [0, 0.05) is 18.1 Å². The number of hydrogen-bond donors (Lipinski definition) is 1. The Hall–Kier alpha value is -2.82. The van der Waals surface area contributed by atoms with Crippen LogP contribution in [0, 0.1) is 5.82 Å². The molecular weight excluding hydrogens is 309 g/mol. The molecule has 0 radical (unpaired) electrons. The van der Waals surface area contributed by atoms with E-state index in [2.05, 4.69) is 5.32 Å². The van der Waals surface area contributed by atoms with E-state index in [1.807, 2.05) is 24.3 Å². The van der Waals surface area contributed by atoms with Gasteiger partial charge in [0.25, 0.3) is 0 Å². The van der Waals surface area contributed by atoms with Crippen molar-refractivity contribution in [2.24, 2.45) is 0 Å². The molecule has 0 fully saturated rings. The molecule has 0 spiro atoms. The summed E-state index contributed by atoms with van der Waals surface area (Å²) >= 11 is 0. The number of benzene rings is 2. The summed E-state index contributed by atoms with van der Waals surface area (Å²) in [6.45, 7) is 0.565. The second kappa shape index (κ2) is 7.17. The Bertz CT molecular complexity index is 773. The second-order valence-electron chi connectivity index (χ2n) is 5.46. The van der Waals surface area contributed by atoms with Gasteiger partial charge in [-0.25, -0.2) is 4.39 Å². The predicted octanol–water partition coefficient (Wildman–Crippen LogP) is 3.49. The van der Waals surface area contributed by atoms with Crippen LogP contribution < -0.4 is 14.8 Å². The summed E-state index contributed by atoms with van der Waals surface area (Å²) in [6, 6.07) is 12.1. The molecule has 5 heteroatoms. The van der Waals surface area contributed by atoms with Crippen molar-refractivity contribution >= 4 is 12.0 Å². The first kappa shape index (κ1) is 16.1. The van der Waals surface area contributed by atoms with Gasteiger partial charge in [-0.3, -0.25) is 4.79 Å². The molecule has 0 aliphatic carbocycles. The summed E-state index contributed by atoms with van der Waals surface area (Å²) in [6.07, 6.45) is 3.69. The molecule has 0 saturated carbocycles. The van der Waals surface area contributed by atoms with Crippen LogP contribution >= 0.6 is 0 Å². The highest BCUT2D eigenvalue weighted by Gasteiger charge is 2.21. The smallest absolute Gasteiger partial charge is 0.244 e. The van der Waals surface area contributed by atoms with Crippen LogP contribution in [0.15, 0.2) is 48.5 Å². The molecule has 1 amide bonds. The topological polar surface area (TPSA) is 47.6 Å². The van der Waals surface area contributed by atoms with Crippen molar-refractivity contribution in [3.8, 4) is 11.5 Å². The normalized spacial score (nSPS) is 16.3. The van der Waals surface area contributed by atoms with Crippen LogP contribution in [0.3, 0.4) is 0 Å². The van der Waals surface area contributed by atoms with Gasteiger partial charge in [0.05, 0.1) is 19.8 Å². The van der Waals surface area contributed by atoms with E-state index in [9.17, 15) is 9.18 Å². The number of carbonyl (C=O) groups is 1. The fraction of sp³-hybridized carbons (Fsp3) is 0.211. The molecule has 0 aromatic heterocycles. The summed E-state index contributed by atoms with van der Waals surface area (Å²) < 4.78 is 24.1. The number of para-hydroxylation sites is 1. The van der Waals surface area contributed by atoms with Crippen molar-refractivity contribution in [3.63, 3.8) is 0 Å². The molecule has 4 nitrogen and oxygen atoms in total. The maximum absolute atomic E-state index is 13.6. The van der Waals surface area contributed by atoms with Crippen LogP contribution in [0.25, 0.3) is 6.08 Å². The minimum Gasteiger partial charge on any atom is -0.494 e.